The van der Waals surface area contributed by atoms with Gasteiger partial charge in [0.1, 0.15) is 6.04 Å². The molecular weight excluding hydrogens is 316 g/mol. The molecule has 2 aromatic rings. The molecule has 0 spiro atoms. The summed E-state index contributed by atoms with van der Waals surface area (Å²) in [6, 6.07) is 7.94. The van der Waals surface area contributed by atoms with Gasteiger partial charge in [-0.1, -0.05) is 31.9 Å². The average molecular weight is 335 g/mol. The first-order valence-electron chi connectivity index (χ1n) is 7.34. The van der Waals surface area contributed by atoms with Crippen LogP contribution in [0.2, 0.25) is 5.02 Å². The maximum atomic E-state index is 12.3. The van der Waals surface area contributed by atoms with Gasteiger partial charge in [0.05, 0.1) is 5.69 Å². The fourth-order valence-electron chi connectivity index (χ4n) is 2.13. The summed E-state index contributed by atoms with van der Waals surface area (Å²) in [6.45, 7) is 3.80. The first-order chi connectivity index (χ1) is 10.9. The predicted molar refractivity (Wildman–Crippen MR) is 88.5 cm³/mol. The van der Waals surface area contributed by atoms with Crippen molar-refractivity contribution < 1.29 is 9.59 Å². The van der Waals surface area contributed by atoms with Crippen molar-refractivity contribution in [3.63, 3.8) is 0 Å². The van der Waals surface area contributed by atoms with Crippen molar-refractivity contribution in [2.24, 2.45) is 11.7 Å². The molecule has 0 unspecified atom stereocenters. The SMILES string of the molecule is CC[C@@H](C)[C@@H](NC(=O)c1ccn(-c2ccc(Cl)cc2)n1)C(N)=O. The number of halogens is 1. The van der Waals surface area contributed by atoms with Crippen molar-refractivity contribution in [1.82, 2.24) is 15.1 Å². The Hall–Kier alpha value is -2.34. The fourth-order valence-corrected chi connectivity index (χ4v) is 2.25. The monoisotopic (exact) mass is 334 g/mol. The summed E-state index contributed by atoms with van der Waals surface area (Å²) in [5.74, 6) is -1.03. The number of hydrogen-bond acceptors (Lipinski definition) is 3. The number of primary amides is 1. The van der Waals surface area contributed by atoms with E-state index in [0.717, 1.165) is 12.1 Å². The van der Waals surface area contributed by atoms with Gasteiger partial charge in [0.25, 0.3) is 5.91 Å². The lowest BCUT2D eigenvalue weighted by atomic mass is 9.98. The number of nitrogens with two attached hydrogens (primary N) is 1. The minimum absolute atomic E-state index is 0.0465. The second-order valence-electron chi connectivity index (χ2n) is 5.36. The molecule has 0 saturated heterocycles. The highest BCUT2D eigenvalue weighted by Crippen LogP contribution is 2.13. The molecule has 0 bridgehead atoms. The molecule has 0 aliphatic carbocycles. The minimum atomic E-state index is -0.715. The number of nitrogens with zero attached hydrogens (tertiary/aromatic N) is 2. The van der Waals surface area contributed by atoms with Crippen LogP contribution >= 0.6 is 11.6 Å². The largest absolute Gasteiger partial charge is 0.368 e. The van der Waals surface area contributed by atoms with Gasteiger partial charge in [0, 0.05) is 11.2 Å². The zero-order valence-corrected chi connectivity index (χ0v) is 13.7. The van der Waals surface area contributed by atoms with Gasteiger partial charge < -0.3 is 11.1 Å². The van der Waals surface area contributed by atoms with Gasteiger partial charge in [-0.15, -0.1) is 0 Å². The Morgan fingerprint density at radius 1 is 1.30 bits per heavy atom. The zero-order valence-electron chi connectivity index (χ0n) is 13.0. The van der Waals surface area contributed by atoms with Crippen LogP contribution in [0.15, 0.2) is 36.5 Å². The zero-order chi connectivity index (χ0) is 17.0. The van der Waals surface area contributed by atoms with Crippen LogP contribution < -0.4 is 11.1 Å². The number of carbonyl (C=O) groups excluding carboxylic acids is 2. The molecule has 0 radical (unpaired) electrons. The highest BCUT2D eigenvalue weighted by Gasteiger charge is 2.25. The van der Waals surface area contributed by atoms with E-state index in [1.807, 2.05) is 13.8 Å². The van der Waals surface area contributed by atoms with Gasteiger partial charge >= 0.3 is 0 Å². The van der Waals surface area contributed by atoms with Crippen molar-refractivity contribution in [1.29, 1.82) is 0 Å². The van der Waals surface area contributed by atoms with Crippen LogP contribution in [0, 0.1) is 5.92 Å². The number of rotatable bonds is 6. The topological polar surface area (TPSA) is 90.0 Å². The number of carbonyl (C=O) groups is 2. The van der Waals surface area contributed by atoms with Crippen LogP contribution in [0.3, 0.4) is 0 Å². The van der Waals surface area contributed by atoms with Crippen LogP contribution in [0.4, 0.5) is 0 Å². The van der Waals surface area contributed by atoms with Gasteiger partial charge in [-0.2, -0.15) is 5.10 Å². The lowest BCUT2D eigenvalue weighted by Gasteiger charge is -2.20. The van der Waals surface area contributed by atoms with Crippen LogP contribution in [-0.2, 0) is 4.79 Å². The summed E-state index contributed by atoms with van der Waals surface area (Å²) < 4.78 is 1.56. The molecule has 1 aromatic carbocycles. The third-order valence-corrected chi connectivity index (χ3v) is 3.97. The lowest BCUT2D eigenvalue weighted by Crippen LogP contribution is -2.48. The first-order valence-corrected chi connectivity index (χ1v) is 7.72. The summed E-state index contributed by atoms with van der Waals surface area (Å²) in [6.07, 6.45) is 2.40. The van der Waals surface area contributed by atoms with Gasteiger partial charge in [-0.25, -0.2) is 4.68 Å². The van der Waals surface area contributed by atoms with Crippen molar-refractivity contribution in [3.05, 3.63) is 47.2 Å². The maximum absolute atomic E-state index is 12.3. The quantitative estimate of drug-likeness (QED) is 0.848. The molecule has 122 valence electrons. The van der Waals surface area contributed by atoms with E-state index in [-0.39, 0.29) is 11.6 Å². The molecule has 23 heavy (non-hydrogen) atoms. The van der Waals surface area contributed by atoms with E-state index >= 15 is 0 Å². The summed E-state index contributed by atoms with van der Waals surface area (Å²) >= 11 is 5.85. The van der Waals surface area contributed by atoms with Crippen molar-refractivity contribution in [2.75, 3.05) is 0 Å². The first kappa shape index (κ1) is 17.0. The van der Waals surface area contributed by atoms with Crippen LogP contribution in [0.1, 0.15) is 30.8 Å². The minimum Gasteiger partial charge on any atom is -0.368 e. The van der Waals surface area contributed by atoms with Crippen LogP contribution in [0.5, 0.6) is 0 Å². The molecule has 0 aliphatic rings. The Balaban J connectivity index is 2.14. The molecule has 0 saturated carbocycles. The summed E-state index contributed by atoms with van der Waals surface area (Å²) in [5, 5.41) is 7.49. The normalized spacial score (nSPS) is 13.3. The molecular formula is C16H19ClN4O2. The molecule has 1 aromatic heterocycles. The third kappa shape index (κ3) is 4.10. The number of hydrogen-bond donors (Lipinski definition) is 2. The van der Waals surface area contributed by atoms with Crippen LogP contribution in [-0.4, -0.2) is 27.6 Å². The Bertz CT molecular complexity index is 696. The Morgan fingerprint density at radius 2 is 1.96 bits per heavy atom. The Kier molecular flexibility index (Phi) is 5.39. The number of nitrogens with one attached hydrogen (secondary N) is 1. The van der Waals surface area contributed by atoms with E-state index in [1.165, 1.54) is 0 Å². The smallest absolute Gasteiger partial charge is 0.272 e. The molecule has 2 atom stereocenters. The number of amides is 2. The fraction of sp³-hybridized carbons (Fsp3) is 0.312. The molecule has 0 fully saturated rings. The average Bonchev–Trinajstić information content (AvgIpc) is 3.02. The van der Waals surface area contributed by atoms with Gasteiger partial charge in [0.15, 0.2) is 5.69 Å². The van der Waals surface area contributed by atoms with Crippen molar-refractivity contribution >= 4 is 23.4 Å². The van der Waals surface area contributed by atoms with Crippen LogP contribution in [0.25, 0.3) is 5.69 Å². The predicted octanol–water partition coefficient (Wildman–Crippen LogP) is 2.16. The molecule has 3 N–H and O–H groups in total. The highest BCUT2D eigenvalue weighted by atomic mass is 35.5. The van der Waals surface area contributed by atoms with E-state index in [4.69, 9.17) is 17.3 Å². The van der Waals surface area contributed by atoms with E-state index in [1.54, 1.807) is 41.2 Å². The van der Waals surface area contributed by atoms with Gasteiger partial charge in [-0.3, -0.25) is 9.59 Å². The second-order valence-corrected chi connectivity index (χ2v) is 5.80. The molecule has 2 rings (SSSR count). The molecule has 0 aliphatic heterocycles. The lowest BCUT2D eigenvalue weighted by molar-refractivity contribution is -0.120. The summed E-state index contributed by atoms with van der Waals surface area (Å²) in [4.78, 5) is 23.8. The standard InChI is InChI=1S/C16H19ClN4O2/c1-3-10(2)14(15(18)22)19-16(23)13-8-9-21(20-13)12-6-4-11(17)5-7-12/h4-10,14H,3H2,1-2H3,(H2,18,22)(H,19,23)/t10-,14-/m1/s1. The Morgan fingerprint density at radius 3 is 2.52 bits per heavy atom. The molecule has 7 heteroatoms. The summed E-state index contributed by atoms with van der Waals surface area (Å²) in [5.41, 5.74) is 6.35. The summed E-state index contributed by atoms with van der Waals surface area (Å²) in [7, 11) is 0. The third-order valence-electron chi connectivity index (χ3n) is 3.72. The van der Waals surface area contributed by atoms with E-state index in [2.05, 4.69) is 10.4 Å². The van der Waals surface area contributed by atoms with Crippen molar-refractivity contribution in [3.8, 4) is 5.69 Å². The van der Waals surface area contributed by atoms with Gasteiger partial charge in [0.2, 0.25) is 5.91 Å². The maximum Gasteiger partial charge on any atom is 0.272 e. The molecule has 1 heterocycles. The van der Waals surface area contributed by atoms with Crippen molar-refractivity contribution in [2.45, 2.75) is 26.3 Å². The molecule has 2 amide bonds. The number of benzene rings is 1. The second kappa shape index (κ2) is 7.28. The van der Waals surface area contributed by atoms with E-state index in [0.29, 0.717) is 5.02 Å². The van der Waals surface area contributed by atoms with E-state index < -0.39 is 17.9 Å². The number of aromatic nitrogens is 2. The van der Waals surface area contributed by atoms with E-state index in [9.17, 15) is 9.59 Å². The molecule has 6 nitrogen and oxygen atoms in total. The highest BCUT2D eigenvalue weighted by molar-refractivity contribution is 6.30. The Labute approximate surface area is 139 Å². The van der Waals surface area contributed by atoms with Gasteiger partial charge in [-0.05, 0) is 36.2 Å².